The fourth-order valence-corrected chi connectivity index (χ4v) is 0.406. The molecule has 0 aromatic rings. The lowest BCUT2D eigenvalue weighted by molar-refractivity contribution is 0.392. The van der Waals surface area contributed by atoms with Gasteiger partial charge < -0.3 is 0 Å². The highest BCUT2D eigenvalue weighted by Crippen LogP contribution is 2.12. The zero-order chi connectivity index (χ0) is 15.0. The Labute approximate surface area is 131 Å². The Morgan fingerprint density at radius 3 is 0.895 bits per heavy atom. The smallest absolute Gasteiger partial charge is 0.173 e. The van der Waals surface area contributed by atoms with Crippen LogP contribution in [0.25, 0.3) is 0 Å². The van der Waals surface area contributed by atoms with E-state index in [4.69, 9.17) is 14.7 Å². The van der Waals surface area contributed by atoms with Crippen LogP contribution in [-0.2, 0) is 27.3 Å². The van der Waals surface area contributed by atoms with Gasteiger partial charge in [0.05, 0.1) is 0 Å². The van der Waals surface area contributed by atoms with Gasteiger partial charge in [-0.25, -0.2) is 0 Å². The number of hydrogen-bond acceptors (Lipinski definition) is 6. The maximum atomic E-state index is 9.38. The molecule has 0 aliphatic carbocycles. The second-order valence-corrected chi connectivity index (χ2v) is 3.32. The first-order valence-corrected chi connectivity index (χ1v) is 6.56. The van der Waals surface area contributed by atoms with Gasteiger partial charge in [-0.3, -0.25) is 0 Å². The molecule has 0 aliphatic heterocycles. The van der Waals surface area contributed by atoms with Crippen LogP contribution >= 0.6 is 24.8 Å². The number of hydrogen-bond donors (Lipinski definition) is 3. The van der Waals surface area contributed by atoms with Crippen molar-refractivity contribution in [3.8, 4) is 37.6 Å². The second-order valence-electron chi connectivity index (χ2n) is 1.34. The van der Waals surface area contributed by atoms with Crippen LogP contribution < -0.4 is 0 Å². The van der Waals surface area contributed by atoms with E-state index < -0.39 is 24.8 Å². The van der Waals surface area contributed by atoms with Crippen LogP contribution in [0.3, 0.4) is 0 Å². The quantitative estimate of drug-likeness (QED) is 0.384. The highest BCUT2D eigenvalue weighted by molar-refractivity contribution is 7.32. The molecule has 3 N–H and O–H groups in total. The maximum absolute atomic E-state index is 9.38. The van der Waals surface area contributed by atoms with Gasteiger partial charge in [0.25, 0.3) is 0 Å². The average Bonchev–Trinajstić information content (AvgIpc) is 2.18. The lowest BCUT2D eigenvalue weighted by Crippen LogP contribution is -1.57. The summed E-state index contributed by atoms with van der Waals surface area (Å²) in [5.41, 5.74) is 0. The predicted molar refractivity (Wildman–Crippen MR) is 81.9 cm³/mol. The van der Waals surface area contributed by atoms with Crippen molar-refractivity contribution in [3.63, 3.8) is 0 Å². The Kier molecular flexibility index (Phi) is 30.6. The summed E-state index contributed by atoms with van der Waals surface area (Å²) in [5.74, 6) is 0. The number of terminal acetylenes is 3. The van der Waals surface area contributed by atoms with Crippen molar-refractivity contribution in [1.29, 1.82) is 0 Å². The van der Waals surface area contributed by atoms with Crippen LogP contribution in [0.5, 0.6) is 0 Å². The van der Waals surface area contributed by atoms with Crippen molar-refractivity contribution in [2.24, 2.45) is 0 Å². The molecule has 0 amide bonds. The van der Waals surface area contributed by atoms with Crippen molar-refractivity contribution >= 4 is 42.1 Å². The number of rotatable bonds is 3. The van der Waals surface area contributed by atoms with E-state index >= 15 is 0 Å². The van der Waals surface area contributed by atoms with Gasteiger partial charge in [0.1, 0.15) is 0 Å². The van der Waals surface area contributed by atoms with Crippen LogP contribution in [0.2, 0.25) is 0 Å². The van der Waals surface area contributed by atoms with Gasteiger partial charge in [-0.15, -0.1) is 14.7 Å². The minimum absolute atomic E-state index is 0. The Morgan fingerprint density at radius 1 is 0.737 bits per heavy atom. The summed E-state index contributed by atoms with van der Waals surface area (Å²) in [6.45, 7) is 0. The van der Waals surface area contributed by atoms with Gasteiger partial charge in [0.2, 0.25) is 0 Å². The van der Waals surface area contributed by atoms with Crippen molar-refractivity contribution in [2.45, 2.75) is 0 Å². The zero-order valence-corrected chi connectivity index (χ0v) is 11.0. The molecule has 0 heterocycles. The maximum Gasteiger partial charge on any atom is 0.756 e. The van der Waals surface area contributed by atoms with E-state index in [2.05, 4.69) is 32.8 Å². The highest BCUT2D eigenvalue weighted by Gasteiger charge is 2.07. The minimum Gasteiger partial charge on any atom is -0.173 e. The first-order chi connectivity index (χ1) is 8.31. The monoisotopic (exact) mass is 357 g/mol. The Balaban J connectivity index is -0.0000000148. The summed E-state index contributed by atoms with van der Waals surface area (Å²) in [6, 6.07) is 0. The molecular formula is C6H21AlO9P3+3. The summed E-state index contributed by atoms with van der Waals surface area (Å²) in [5, 5.41) is 0. The van der Waals surface area contributed by atoms with Gasteiger partial charge in [0.15, 0.2) is 35.7 Å². The van der Waals surface area contributed by atoms with E-state index in [0.717, 1.165) is 0 Å². The predicted octanol–water partition coefficient (Wildman–Crippen LogP) is 1.02. The van der Waals surface area contributed by atoms with Crippen LogP contribution in [0, 0.1) is 37.6 Å². The first-order valence-electron chi connectivity index (χ1n) is 3.17. The van der Waals surface area contributed by atoms with Crippen molar-refractivity contribution < 1.29 is 50.5 Å². The third-order valence-electron chi connectivity index (χ3n) is 0.392. The van der Waals surface area contributed by atoms with E-state index in [1.54, 1.807) is 0 Å². The summed E-state index contributed by atoms with van der Waals surface area (Å²) < 4.78 is 39.1. The van der Waals surface area contributed by atoms with Gasteiger partial charge in [-0.1, -0.05) is 19.3 Å². The normalized spacial score (nSPS) is 8.53. The molecule has 0 saturated carbocycles. The summed E-state index contributed by atoms with van der Waals surface area (Å²) in [7, 11) is -7.76. The van der Waals surface area contributed by atoms with Gasteiger partial charge in [0, 0.05) is 22.3 Å². The molecule has 0 bridgehead atoms. The molecule has 0 aliphatic rings. The summed E-state index contributed by atoms with van der Waals surface area (Å²) >= 11 is 0. The standard InChI is InChI=1S/3C2HO3P.Al.6H2.3H/c3*1-2-5-6(3)4;;;;;;;;;;/h3*1H;;6*1H;;;/p+3. The summed E-state index contributed by atoms with van der Waals surface area (Å²) in [6.07, 6.45) is 17.8. The average molecular weight is 357 g/mol. The third kappa shape index (κ3) is 60.5. The molecule has 3 unspecified atom stereocenters. The van der Waals surface area contributed by atoms with Gasteiger partial charge in [-0.05, 0) is 0 Å². The molecule has 3 atom stereocenters. The molecule has 9 nitrogen and oxygen atoms in total. The van der Waals surface area contributed by atoms with Crippen LogP contribution in [0.15, 0.2) is 0 Å². The molecule has 0 aromatic carbocycles. The van der Waals surface area contributed by atoms with Crippen molar-refractivity contribution in [2.75, 3.05) is 0 Å². The van der Waals surface area contributed by atoms with E-state index in [9.17, 15) is 13.7 Å². The SMILES string of the molecule is C#CO[P+](=O)O.C#CO[P+](=O)O.C#CO[P+](=O)O.[AlH3].[HH].[HH].[HH].[HH].[HH].[HH]. The molecular weight excluding hydrogens is 336 g/mol. The third-order valence-corrected chi connectivity index (χ3v) is 1.18. The van der Waals surface area contributed by atoms with E-state index in [0.29, 0.717) is 0 Å². The lowest BCUT2D eigenvalue weighted by Gasteiger charge is -1.58. The molecule has 0 spiro atoms. The van der Waals surface area contributed by atoms with Gasteiger partial charge in [-0.2, -0.15) is 13.6 Å². The van der Waals surface area contributed by atoms with Crippen LogP contribution in [0.4, 0.5) is 0 Å². The van der Waals surface area contributed by atoms with Crippen molar-refractivity contribution in [3.05, 3.63) is 0 Å². The topological polar surface area (TPSA) is 140 Å². The molecule has 13 heteroatoms. The van der Waals surface area contributed by atoms with Crippen LogP contribution in [0.1, 0.15) is 8.56 Å². The fourth-order valence-electron chi connectivity index (χ4n) is 0.135. The molecule has 0 saturated heterocycles. The fraction of sp³-hybridized carbons (Fsp3) is 0. The first kappa shape index (κ1) is 26.4. The van der Waals surface area contributed by atoms with E-state index in [1.165, 1.54) is 18.3 Å². The second kappa shape index (κ2) is 22.0. The highest BCUT2D eigenvalue weighted by atomic mass is 31.1. The Morgan fingerprint density at radius 2 is 0.895 bits per heavy atom. The minimum atomic E-state index is -2.59. The molecule has 19 heavy (non-hydrogen) atoms. The Bertz CT molecular complexity index is 362. The van der Waals surface area contributed by atoms with E-state index in [1.807, 2.05) is 0 Å². The van der Waals surface area contributed by atoms with Crippen LogP contribution in [-0.4, -0.2) is 32.0 Å². The van der Waals surface area contributed by atoms with E-state index in [-0.39, 0.29) is 25.9 Å². The largest absolute Gasteiger partial charge is 0.756 e. The zero-order valence-electron chi connectivity index (χ0n) is 8.36. The molecule has 0 aromatic heterocycles. The lowest BCUT2D eigenvalue weighted by atomic mass is 11.3. The molecule has 0 fully saturated rings. The molecule has 0 radical (unpaired) electrons. The van der Waals surface area contributed by atoms with Crippen molar-refractivity contribution in [1.82, 2.24) is 0 Å². The Hall–Kier alpha value is -1.21. The molecule has 114 valence electrons. The summed E-state index contributed by atoms with van der Waals surface area (Å²) in [4.78, 5) is 23.1. The molecule has 0 rings (SSSR count). The van der Waals surface area contributed by atoms with Gasteiger partial charge >= 0.3 is 24.8 Å².